The summed E-state index contributed by atoms with van der Waals surface area (Å²) in [5, 5.41) is 10.7. The van der Waals surface area contributed by atoms with Crippen molar-refractivity contribution < 1.29 is 28.8 Å². The summed E-state index contributed by atoms with van der Waals surface area (Å²) in [4.78, 5) is 13.2. The van der Waals surface area contributed by atoms with E-state index in [4.69, 9.17) is 18.9 Å². The zero-order chi connectivity index (χ0) is 26.3. The number of hydrogen-bond acceptors (Lipinski definition) is 6. The van der Waals surface area contributed by atoms with Crippen molar-refractivity contribution >= 4 is 11.9 Å². The number of rotatable bonds is 7. The van der Waals surface area contributed by atoms with E-state index in [2.05, 4.69) is 19.1 Å². The van der Waals surface area contributed by atoms with E-state index >= 15 is 0 Å². The number of methoxy groups -OCH3 is 4. The van der Waals surface area contributed by atoms with Gasteiger partial charge in [-0.25, -0.2) is 0 Å². The summed E-state index contributed by atoms with van der Waals surface area (Å²) in [6.07, 6.45) is 9.67. The van der Waals surface area contributed by atoms with Gasteiger partial charge in [-0.1, -0.05) is 6.92 Å². The molecule has 2 aromatic rings. The summed E-state index contributed by atoms with van der Waals surface area (Å²) in [6, 6.07) is 7.72. The van der Waals surface area contributed by atoms with Crippen LogP contribution in [0.4, 0.5) is 0 Å². The molecule has 0 saturated heterocycles. The van der Waals surface area contributed by atoms with Gasteiger partial charge in [-0.05, 0) is 109 Å². The quantitative estimate of drug-likeness (QED) is 0.376. The highest BCUT2D eigenvalue weighted by Gasteiger charge is 2.54. The highest BCUT2D eigenvalue weighted by molar-refractivity contribution is 6.07. The molecule has 5 rings (SSSR count). The molecule has 2 fully saturated rings. The zero-order valence-electron chi connectivity index (χ0n) is 22.5. The molecule has 37 heavy (non-hydrogen) atoms. The Morgan fingerprint density at radius 2 is 1.62 bits per heavy atom. The van der Waals surface area contributed by atoms with Gasteiger partial charge in [0.1, 0.15) is 5.75 Å². The summed E-state index contributed by atoms with van der Waals surface area (Å²) < 4.78 is 21.9. The van der Waals surface area contributed by atoms with Gasteiger partial charge in [-0.2, -0.15) is 0 Å². The number of hydrogen-bond donors (Lipinski definition) is 1. The maximum Gasteiger partial charge on any atom is 0.203 e. The average molecular weight is 507 g/mol. The van der Waals surface area contributed by atoms with Crippen LogP contribution >= 0.6 is 0 Å². The molecule has 6 heteroatoms. The van der Waals surface area contributed by atoms with Crippen LogP contribution in [0.5, 0.6) is 23.0 Å². The molecule has 6 nitrogen and oxygen atoms in total. The molecule has 0 radical (unpaired) electrons. The number of carbonyl (C=O) groups excluding carboxylic acids is 1. The number of aliphatic hydroxyl groups excluding tert-OH is 1. The number of allylic oxidation sites excluding steroid dienone is 1. The third kappa shape index (κ3) is 4.29. The number of carbonyl (C=O) groups is 1. The van der Waals surface area contributed by atoms with E-state index in [1.165, 1.54) is 38.9 Å². The predicted molar refractivity (Wildman–Crippen MR) is 143 cm³/mol. The van der Waals surface area contributed by atoms with Crippen molar-refractivity contribution in [2.75, 3.05) is 28.4 Å². The second-order valence-corrected chi connectivity index (χ2v) is 11.0. The third-order valence-corrected chi connectivity index (χ3v) is 9.39. The lowest BCUT2D eigenvalue weighted by molar-refractivity contribution is -0.0226. The van der Waals surface area contributed by atoms with Crippen LogP contribution in [0, 0.1) is 17.3 Å². The van der Waals surface area contributed by atoms with Crippen molar-refractivity contribution in [1.82, 2.24) is 0 Å². The van der Waals surface area contributed by atoms with Crippen molar-refractivity contribution in [3.05, 3.63) is 52.6 Å². The Kier molecular flexibility index (Phi) is 6.97. The lowest BCUT2D eigenvalue weighted by Gasteiger charge is -2.50. The molecule has 5 atom stereocenters. The van der Waals surface area contributed by atoms with Crippen molar-refractivity contribution in [3.63, 3.8) is 0 Å². The van der Waals surface area contributed by atoms with E-state index in [1.54, 1.807) is 25.3 Å². The first-order valence-corrected chi connectivity index (χ1v) is 13.3. The minimum Gasteiger partial charge on any atom is -0.496 e. The normalized spacial score (nSPS) is 28.3. The molecule has 1 N–H and O–H groups in total. The first kappa shape index (κ1) is 25.7. The molecule has 0 bridgehead atoms. The molecule has 0 aliphatic heterocycles. The van der Waals surface area contributed by atoms with E-state index in [0.29, 0.717) is 40.6 Å². The van der Waals surface area contributed by atoms with Gasteiger partial charge in [0.2, 0.25) is 5.75 Å². The van der Waals surface area contributed by atoms with Gasteiger partial charge in [-0.3, -0.25) is 4.79 Å². The molecule has 3 aliphatic carbocycles. The van der Waals surface area contributed by atoms with Gasteiger partial charge in [-0.15, -0.1) is 0 Å². The highest BCUT2D eigenvalue weighted by Crippen LogP contribution is 2.61. The Morgan fingerprint density at radius 1 is 0.919 bits per heavy atom. The smallest absolute Gasteiger partial charge is 0.203 e. The molecule has 0 amide bonds. The minimum atomic E-state index is -0.171. The van der Waals surface area contributed by atoms with Crippen molar-refractivity contribution in [2.45, 2.75) is 57.5 Å². The van der Waals surface area contributed by atoms with Gasteiger partial charge in [0.05, 0.1) is 34.5 Å². The standard InChI is InChI=1S/C31H38O6/c1-31-13-12-21-22(24(31)9-11-29(31)33)8-6-18-15-26(34-2)19(14-23(18)21)7-10-25(32)20-16-27(35-3)30(37-5)28(17-20)36-4/h7,10,14-17,21-22,24,29,33H,6,8-9,11-13H2,1-5H3/b10-7+/t21-,22+,24-,29-,31-/m0/s1. The summed E-state index contributed by atoms with van der Waals surface area (Å²) >= 11 is 0. The fraction of sp³-hybridized carbons (Fsp3) is 0.516. The van der Waals surface area contributed by atoms with E-state index in [9.17, 15) is 9.90 Å². The molecule has 0 heterocycles. The number of ether oxygens (including phenoxy) is 4. The lowest BCUT2D eigenvalue weighted by atomic mass is 9.55. The number of fused-ring (bicyclic) bond motifs is 5. The minimum absolute atomic E-state index is 0.0563. The van der Waals surface area contributed by atoms with Gasteiger partial charge < -0.3 is 24.1 Å². The second-order valence-electron chi connectivity index (χ2n) is 11.0. The summed E-state index contributed by atoms with van der Waals surface area (Å²) in [7, 11) is 6.29. The summed E-state index contributed by atoms with van der Waals surface area (Å²) in [6.45, 7) is 2.30. The molecule has 2 saturated carbocycles. The fourth-order valence-electron chi connectivity index (χ4n) is 7.38. The Morgan fingerprint density at radius 3 is 2.27 bits per heavy atom. The first-order valence-electron chi connectivity index (χ1n) is 13.3. The topological polar surface area (TPSA) is 74.2 Å². The monoisotopic (exact) mass is 506 g/mol. The van der Waals surface area contributed by atoms with Gasteiger partial charge in [0, 0.05) is 11.1 Å². The van der Waals surface area contributed by atoms with Gasteiger partial charge in [0.15, 0.2) is 17.3 Å². The molecule has 3 aliphatic rings. The van der Waals surface area contributed by atoms with Crippen LogP contribution in [-0.4, -0.2) is 45.4 Å². The molecule has 0 aromatic heterocycles. The van der Waals surface area contributed by atoms with Crippen LogP contribution in [0.25, 0.3) is 6.08 Å². The maximum atomic E-state index is 13.2. The molecule has 198 valence electrons. The van der Waals surface area contributed by atoms with Crippen LogP contribution in [0.2, 0.25) is 0 Å². The van der Waals surface area contributed by atoms with Crippen molar-refractivity contribution in [1.29, 1.82) is 0 Å². The van der Waals surface area contributed by atoms with Crippen LogP contribution in [0.1, 0.15) is 72.0 Å². The van der Waals surface area contributed by atoms with E-state index in [0.717, 1.165) is 43.4 Å². The van der Waals surface area contributed by atoms with Crippen molar-refractivity contribution in [3.8, 4) is 23.0 Å². The van der Waals surface area contributed by atoms with E-state index < -0.39 is 0 Å². The number of aryl methyl sites for hydroxylation is 1. The molecule has 0 unspecified atom stereocenters. The van der Waals surface area contributed by atoms with Crippen LogP contribution in [0.15, 0.2) is 30.3 Å². The van der Waals surface area contributed by atoms with Crippen molar-refractivity contribution in [2.24, 2.45) is 17.3 Å². The Hall–Kier alpha value is -2.99. The van der Waals surface area contributed by atoms with Crippen LogP contribution in [-0.2, 0) is 6.42 Å². The predicted octanol–water partition coefficient (Wildman–Crippen LogP) is 5.83. The van der Waals surface area contributed by atoms with Crippen LogP contribution in [0.3, 0.4) is 0 Å². The number of aliphatic hydroxyl groups is 1. The average Bonchev–Trinajstić information content (AvgIpc) is 3.23. The Balaban J connectivity index is 1.45. The summed E-state index contributed by atoms with van der Waals surface area (Å²) in [5.41, 5.74) is 4.16. The molecule has 0 spiro atoms. The van der Waals surface area contributed by atoms with E-state index in [1.807, 2.05) is 6.08 Å². The third-order valence-electron chi connectivity index (χ3n) is 9.39. The second kappa shape index (κ2) is 10.1. The number of benzene rings is 2. The van der Waals surface area contributed by atoms with E-state index in [-0.39, 0.29) is 17.3 Å². The molecular weight excluding hydrogens is 468 g/mol. The molecule has 2 aromatic carbocycles. The molecular formula is C31H38O6. The lowest BCUT2D eigenvalue weighted by Crippen LogP contribution is -2.43. The number of ketones is 1. The maximum absolute atomic E-state index is 13.2. The fourth-order valence-corrected chi connectivity index (χ4v) is 7.38. The van der Waals surface area contributed by atoms with Gasteiger partial charge >= 0.3 is 0 Å². The highest BCUT2D eigenvalue weighted by atomic mass is 16.5. The van der Waals surface area contributed by atoms with Gasteiger partial charge in [0.25, 0.3) is 0 Å². The SMILES string of the molecule is COc1cc2c(cc1/C=C/C(=O)c1cc(OC)c(OC)c(OC)c1)[C@H]1CC[C@]3(C)[C@@H](O)CC[C@H]3[C@@H]1CC2. The largest absolute Gasteiger partial charge is 0.496 e. The zero-order valence-corrected chi connectivity index (χ0v) is 22.5. The Bertz CT molecular complexity index is 1190. The Labute approximate surface area is 219 Å². The first-order chi connectivity index (χ1) is 17.8. The summed E-state index contributed by atoms with van der Waals surface area (Å²) in [5.74, 6) is 3.64. The van der Waals surface area contributed by atoms with Crippen LogP contribution < -0.4 is 18.9 Å².